The fraction of sp³-hybridized carbons (Fsp3) is 0.333. The van der Waals surface area contributed by atoms with Crippen LogP contribution in [0.5, 0.6) is 0 Å². The van der Waals surface area contributed by atoms with Crippen LogP contribution in [0.15, 0.2) is 51.7 Å². The first-order chi connectivity index (χ1) is 14.5. The third kappa shape index (κ3) is 4.27. The van der Waals surface area contributed by atoms with Gasteiger partial charge in [0.2, 0.25) is 11.7 Å². The van der Waals surface area contributed by atoms with Crippen molar-refractivity contribution in [1.29, 1.82) is 0 Å². The van der Waals surface area contributed by atoms with E-state index >= 15 is 0 Å². The average molecular weight is 442 g/mol. The number of rotatable bonds is 8. The number of thiophene rings is 1. The maximum absolute atomic E-state index is 13.0. The maximum atomic E-state index is 13.0. The van der Waals surface area contributed by atoms with Crippen molar-refractivity contribution in [2.24, 2.45) is 5.92 Å². The Morgan fingerprint density at radius 3 is 2.80 bits per heavy atom. The fourth-order valence-corrected chi connectivity index (χ4v) is 4.61. The molecule has 0 bridgehead atoms. The molecule has 0 fully saturated rings. The summed E-state index contributed by atoms with van der Waals surface area (Å²) in [5, 5.41) is 14.7. The Morgan fingerprint density at radius 2 is 2.03 bits per heavy atom. The van der Waals surface area contributed by atoms with Gasteiger partial charge >= 0.3 is 0 Å². The zero-order chi connectivity index (χ0) is 21.1. The maximum Gasteiger partial charge on any atom is 0.262 e. The summed E-state index contributed by atoms with van der Waals surface area (Å²) in [4.78, 5) is 26.4. The summed E-state index contributed by atoms with van der Waals surface area (Å²) >= 11 is 2.93. The molecule has 0 saturated carbocycles. The third-order valence-corrected chi connectivity index (χ3v) is 6.59. The predicted molar refractivity (Wildman–Crippen MR) is 121 cm³/mol. The van der Waals surface area contributed by atoms with Gasteiger partial charge in [0.15, 0.2) is 5.16 Å². The minimum atomic E-state index is -0.0671. The molecule has 1 N–H and O–H groups in total. The van der Waals surface area contributed by atoms with Crippen LogP contribution in [0.3, 0.4) is 0 Å². The van der Waals surface area contributed by atoms with Crippen molar-refractivity contribution >= 4 is 45.7 Å². The normalized spacial score (nSPS) is 11.6. The Morgan fingerprint density at radius 1 is 1.20 bits per heavy atom. The smallest absolute Gasteiger partial charge is 0.262 e. The number of amides is 1. The summed E-state index contributed by atoms with van der Waals surface area (Å²) in [6.45, 7) is 5.36. The lowest BCUT2D eigenvalue weighted by molar-refractivity contribution is -0.118. The lowest BCUT2D eigenvalue weighted by atomic mass is 10.1. The van der Waals surface area contributed by atoms with E-state index in [1.807, 2.05) is 46.2 Å². The van der Waals surface area contributed by atoms with Crippen LogP contribution in [0.25, 0.3) is 16.7 Å². The molecule has 4 rings (SSSR count). The second-order valence-corrected chi connectivity index (χ2v) is 9.39. The molecule has 0 radical (unpaired) electrons. The van der Waals surface area contributed by atoms with Crippen LogP contribution in [-0.2, 0) is 17.9 Å². The molecule has 30 heavy (non-hydrogen) atoms. The zero-order valence-corrected chi connectivity index (χ0v) is 18.5. The van der Waals surface area contributed by atoms with Gasteiger partial charge in [-0.1, -0.05) is 43.8 Å². The van der Waals surface area contributed by atoms with Gasteiger partial charge in [-0.25, -0.2) is 0 Å². The van der Waals surface area contributed by atoms with Crippen LogP contribution < -0.4 is 10.9 Å². The van der Waals surface area contributed by atoms with Crippen LogP contribution in [0, 0.1) is 5.92 Å². The molecule has 1 amide bonds. The minimum Gasteiger partial charge on any atom is -0.350 e. The highest BCUT2D eigenvalue weighted by Gasteiger charge is 2.17. The quantitative estimate of drug-likeness (QED) is 0.423. The predicted octanol–water partition coefficient (Wildman–Crippen LogP) is 3.56. The monoisotopic (exact) mass is 441 g/mol. The molecule has 0 aliphatic rings. The van der Waals surface area contributed by atoms with Gasteiger partial charge in [-0.3, -0.25) is 18.6 Å². The van der Waals surface area contributed by atoms with Gasteiger partial charge in [0.05, 0.1) is 23.2 Å². The molecule has 0 saturated heterocycles. The van der Waals surface area contributed by atoms with E-state index in [4.69, 9.17) is 0 Å². The van der Waals surface area contributed by atoms with E-state index in [1.165, 1.54) is 11.8 Å². The van der Waals surface area contributed by atoms with Crippen LogP contribution in [0.1, 0.15) is 25.1 Å². The number of benzene rings is 1. The number of hydrogen-bond donors (Lipinski definition) is 1. The summed E-state index contributed by atoms with van der Waals surface area (Å²) < 4.78 is 3.57. The molecular weight excluding hydrogens is 418 g/mol. The van der Waals surface area contributed by atoms with Gasteiger partial charge < -0.3 is 5.32 Å². The second-order valence-electron chi connectivity index (χ2n) is 7.42. The molecule has 4 aromatic rings. The Hall–Kier alpha value is -2.65. The molecule has 0 aliphatic heterocycles. The molecule has 1 aromatic carbocycles. The Labute approximate surface area is 182 Å². The number of aryl methyl sites for hydroxylation is 1. The third-order valence-electron chi connectivity index (χ3n) is 4.78. The first-order valence-electron chi connectivity index (χ1n) is 9.83. The first-order valence-corrected chi connectivity index (χ1v) is 11.7. The Balaban J connectivity index is 1.62. The van der Waals surface area contributed by atoms with Crippen LogP contribution >= 0.6 is 23.1 Å². The SMILES string of the molecule is CC(C)CCn1c(=O)c2ccccc2n2c(SCC(=O)NCc3cccs3)nnc12. The Kier molecular flexibility index (Phi) is 6.19. The van der Waals surface area contributed by atoms with Crippen molar-refractivity contribution in [1.82, 2.24) is 24.5 Å². The molecule has 0 unspecified atom stereocenters. The van der Waals surface area contributed by atoms with Crippen LogP contribution in [-0.4, -0.2) is 30.8 Å². The largest absolute Gasteiger partial charge is 0.350 e. The highest BCUT2D eigenvalue weighted by Crippen LogP contribution is 2.22. The summed E-state index contributed by atoms with van der Waals surface area (Å²) in [7, 11) is 0. The molecule has 0 atom stereocenters. The molecular formula is C21H23N5O2S2. The van der Waals surface area contributed by atoms with E-state index in [0.717, 1.165) is 16.8 Å². The molecule has 3 heterocycles. The van der Waals surface area contributed by atoms with Crippen molar-refractivity contribution in [2.75, 3.05) is 5.75 Å². The van der Waals surface area contributed by atoms with E-state index in [1.54, 1.807) is 15.9 Å². The fourth-order valence-electron chi connectivity index (χ4n) is 3.20. The minimum absolute atomic E-state index is 0.0589. The second kappa shape index (κ2) is 9.01. The number of carbonyl (C=O) groups excluding carboxylic acids is 1. The lowest BCUT2D eigenvalue weighted by Gasteiger charge is -2.12. The van der Waals surface area contributed by atoms with Gasteiger partial charge in [-0.05, 0) is 35.9 Å². The molecule has 3 aromatic heterocycles. The van der Waals surface area contributed by atoms with E-state index in [-0.39, 0.29) is 17.2 Å². The Bertz CT molecular complexity index is 1230. The van der Waals surface area contributed by atoms with Gasteiger partial charge in [-0.15, -0.1) is 21.5 Å². The molecule has 0 spiro atoms. The van der Waals surface area contributed by atoms with Gasteiger partial charge in [0.25, 0.3) is 5.56 Å². The van der Waals surface area contributed by atoms with Crippen molar-refractivity contribution < 1.29 is 4.79 Å². The summed E-state index contributed by atoms with van der Waals surface area (Å²) in [6, 6.07) is 11.4. The summed E-state index contributed by atoms with van der Waals surface area (Å²) in [6.07, 6.45) is 0.869. The van der Waals surface area contributed by atoms with E-state index in [2.05, 4.69) is 29.4 Å². The highest BCUT2D eigenvalue weighted by molar-refractivity contribution is 7.99. The van der Waals surface area contributed by atoms with Gasteiger partial charge in [0.1, 0.15) is 0 Å². The topological polar surface area (TPSA) is 81.3 Å². The van der Waals surface area contributed by atoms with E-state index < -0.39 is 0 Å². The van der Waals surface area contributed by atoms with Crippen molar-refractivity contribution in [2.45, 2.75) is 38.5 Å². The summed E-state index contributed by atoms with van der Waals surface area (Å²) in [5.41, 5.74) is 0.696. The number of nitrogens with one attached hydrogen (secondary N) is 1. The number of hydrogen-bond acceptors (Lipinski definition) is 6. The van der Waals surface area contributed by atoms with Crippen molar-refractivity contribution in [3.63, 3.8) is 0 Å². The number of fused-ring (bicyclic) bond motifs is 3. The van der Waals surface area contributed by atoms with E-state index in [9.17, 15) is 9.59 Å². The number of nitrogens with zero attached hydrogens (tertiary/aromatic N) is 4. The number of para-hydroxylation sites is 1. The van der Waals surface area contributed by atoms with Gasteiger partial charge in [0, 0.05) is 11.4 Å². The number of carbonyl (C=O) groups is 1. The molecule has 7 nitrogen and oxygen atoms in total. The van der Waals surface area contributed by atoms with Crippen LogP contribution in [0.2, 0.25) is 0 Å². The van der Waals surface area contributed by atoms with Gasteiger partial charge in [-0.2, -0.15) is 0 Å². The summed E-state index contributed by atoms with van der Waals surface area (Å²) in [5.74, 6) is 1.14. The number of thioether (sulfide) groups is 1. The lowest BCUT2D eigenvalue weighted by Crippen LogP contribution is -2.25. The highest BCUT2D eigenvalue weighted by atomic mass is 32.2. The zero-order valence-electron chi connectivity index (χ0n) is 16.9. The van der Waals surface area contributed by atoms with E-state index in [0.29, 0.717) is 35.3 Å². The standard InChI is InChI=1S/C21H23N5O2S2/c1-14(2)9-10-25-19(28)16-7-3-4-8-17(16)26-20(25)23-24-21(26)30-13-18(27)22-12-15-6-5-11-29-15/h3-8,11,14H,9-10,12-13H2,1-2H3,(H,22,27). The first kappa shape index (κ1) is 20.6. The average Bonchev–Trinajstić information content (AvgIpc) is 3.40. The van der Waals surface area contributed by atoms with Crippen molar-refractivity contribution in [3.05, 3.63) is 57.0 Å². The molecule has 156 valence electrons. The van der Waals surface area contributed by atoms with Crippen LogP contribution in [0.4, 0.5) is 0 Å². The molecule has 9 heteroatoms. The molecule has 0 aliphatic carbocycles. The van der Waals surface area contributed by atoms with Crippen molar-refractivity contribution in [3.8, 4) is 0 Å². The number of aromatic nitrogens is 4.